The van der Waals surface area contributed by atoms with Crippen molar-refractivity contribution in [3.63, 3.8) is 0 Å². The molecule has 0 fully saturated rings. The van der Waals surface area contributed by atoms with E-state index in [1.54, 1.807) is 0 Å². The lowest BCUT2D eigenvalue weighted by Gasteiger charge is -2.22. The maximum absolute atomic E-state index is 9.08. The van der Waals surface area contributed by atoms with E-state index in [1.807, 2.05) is 37.7 Å². The van der Waals surface area contributed by atoms with Crippen LogP contribution in [0.2, 0.25) is 0 Å². The topological polar surface area (TPSA) is 53.6 Å². The Hall–Kier alpha value is -1.34. The number of hydrogen-bond donors (Lipinski definition) is 1. The summed E-state index contributed by atoms with van der Waals surface area (Å²) in [7, 11) is 0. The molecular formula is C12H20N4. The van der Waals surface area contributed by atoms with Crippen LogP contribution in [-0.4, -0.2) is 21.9 Å². The molecule has 0 bridgehead atoms. The minimum Gasteiger partial charge on any atom is -0.300 e. The van der Waals surface area contributed by atoms with Crippen LogP contribution in [0.15, 0.2) is 12.3 Å². The van der Waals surface area contributed by atoms with Crippen LogP contribution >= 0.6 is 0 Å². The molecule has 1 rings (SSSR count). The third kappa shape index (κ3) is 3.67. The molecule has 0 aliphatic rings. The third-order valence-corrected chi connectivity index (χ3v) is 2.65. The van der Waals surface area contributed by atoms with Crippen LogP contribution < -0.4 is 5.32 Å². The van der Waals surface area contributed by atoms with Gasteiger partial charge in [-0.1, -0.05) is 6.92 Å². The molecule has 0 radical (unpaired) electrons. The minimum absolute atomic E-state index is 0.406. The number of nitriles is 1. The fourth-order valence-corrected chi connectivity index (χ4v) is 1.76. The number of hydrogen-bond acceptors (Lipinski definition) is 3. The van der Waals surface area contributed by atoms with Gasteiger partial charge < -0.3 is 0 Å². The van der Waals surface area contributed by atoms with E-state index in [2.05, 4.69) is 16.5 Å². The molecule has 4 nitrogen and oxygen atoms in total. The van der Waals surface area contributed by atoms with Crippen LogP contribution in [0.3, 0.4) is 0 Å². The molecule has 1 unspecified atom stereocenters. The number of nitrogens with zero attached hydrogens (tertiary/aromatic N) is 3. The number of aromatic nitrogens is 2. The standard InChI is InChI=1S/C12H20N4/c1-4-14-12(3,10-13)7-5-8-16-9-6-11(2)15-16/h6,9,14H,4-5,7-8H2,1-3H3. The van der Waals surface area contributed by atoms with Gasteiger partial charge in [0.25, 0.3) is 0 Å². The van der Waals surface area contributed by atoms with E-state index in [4.69, 9.17) is 5.26 Å². The first-order valence-corrected chi connectivity index (χ1v) is 5.76. The van der Waals surface area contributed by atoms with Gasteiger partial charge in [0.05, 0.1) is 11.8 Å². The summed E-state index contributed by atoms with van der Waals surface area (Å²) >= 11 is 0. The molecule has 0 saturated heterocycles. The molecule has 1 atom stereocenters. The van der Waals surface area contributed by atoms with Gasteiger partial charge in [-0.15, -0.1) is 0 Å². The zero-order valence-electron chi connectivity index (χ0n) is 10.3. The van der Waals surface area contributed by atoms with E-state index in [9.17, 15) is 0 Å². The van der Waals surface area contributed by atoms with Crippen molar-refractivity contribution in [1.29, 1.82) is 5.26 Å². The summed E-state index contributed by atoms with van der Waals surface area (Å²) in [6.45, 7) is 7.65. The molecule has 1 aromatic heterocycles. The Morgan fingerprint density at radius 3 is 2.88 bits per heavy atom. The second-order valence-electron chi connectivity index (χ2n) is 4.30. The molecule has 0 saturated carbocycles. The summed E-state index contributed by atoms with van der Waals surface area (Å²) in [5, 5.41) is 16.6. The molecule has 0 aromatic carbocycles. The van der Waals surface area contributed by atoms with Crippen molar-refractivity contribution in [2.45, 2.75) is 45.7 Å². The highest BCUT2D eigenvalue weighted by atomic mass is 15.3. The highest BCUT2D eigenvalue weighted by Crippen LogP contribution is 2.11. The molecule has 1 aromatic rings. The molecule has 88 valence electrons. The predicted molar refractivity (Wildman–Crippen MR) is 63.9 cm³/mol. The molecule has 0 spiro atoms. The largest absolute Gasteiger partial charge is 0.300 e. The van der Waals surface area contributed by atoms with E-state index in [0.29, 0.717) is 0 Å². The number of rotatable bonds is 6. The zero-order chi connectivity index (χ0) is 12.0. The fourth-order valence-electron chi connectivity index (χ4n) is 1.76. The smallest absolute Gasteiger partial charge is 0.103 e. The quantitative estimate of drug-likeness (QED) is 0.796. The van der Waals surface area contributed by atoms with Gasteiger partial charge in [-0.3, -0.25) is 10.00 Å². The van der Waals surface area contributed by atoms with Crippen molar-refractivity contribution >= 4 is 0 Å². The lowest BCUT2D eigenvalue weighted by molar-refractivity contribution is 0.397. The summed E-state index contributed by atoms with van der Waals surface area (Å²) in [6.07, 6.45) is 3.78. The summed E-state index contributed by atoms with van der Waals surface area (Å²) in [6, 6.07) is 4.32. The predicted octanol–water partition coefficient (Wildman–Crippen LogP) is 1.86. The van der Waals surface area contributed by atoms with Crippen molar-refractivity contribution in [3.05, 3.63) is 18.0 Å². The Balaban J connectivity index is 2.37. The van der Waals surface area contributed by atoms with Crippen molar-refractivity contribution in [2.24, 2.45) is 0 Å². The molecule has 4 heteroatoms. The molecular weight excluding hydrogens is 200 g/mol. The molecule has 16 heavy (non-hydrogen) atoms. The van der Waals surface area contributed by atoms with Crippen LogP contribution in [0.5, 0.6) is 0 Å². The molecule has 1 heterocycles. The van der Waals surface area contributed by atoms with Gasteiger partial charge in [-0.25, -0.2) is 0 Å². The Labute approximate surface area is 97.3 Å². The third-order valence-electron chi connectivity index (χ3n) is 2.65. The maximum atomic E-state index is 9.08. The van der Waals surface area contributed by atoms with Crippen molar-refractivity contribution in [3.8, 4) is 6.07 Å². The maximum Gasteiger partial charge on any atom is 0.103 e. The molecule has 0 amide bonds. The SMILES string of the molecule is CCNC(C)(C#N)CCCn1ccc(C)n1. The van der Waals surface area contributed by atoms with E-state index >= 15 is 0 Å². The summed E-state index contributed by atoms with van der Waals surface area (Å²) in [4.78, 5) is 0. The lowest BCUT2D eigenvalue weighted by atomic mass is 9.98. The second kappa shape index (κ2) is 5.66. The molecule has 0 aliphatic heterocycles. The van der Waals surface area contributed by atoms with Gasteiger partial charge >= 0.3 is 0 Å². The van der Waals surface area contributed by atoms with Crippen molar-refractivity contribution in [1.82, 2.24) is 15.1 Å². The van der Waals surface area contributed by atoms with E-state index in [-0.39, 0.29) is 0 Å². The minimum atomic E-state index is -0.406. The van der Waals surface area contributed by atoms with Crippen LogP contribution in [-0.2, 0) is 6.54 Å². The van der Waals surface area contributed by atoms with Crippen LogP contribution in [0.25, 0.3) is 0 Å². The average Bonchev–Trinajstić information content (AvgIpc) is 2.65. The number of nitrogens with one attached hydrogen (secondary N) is 1. The van der Waals surface area contributed by atoms with Gasteiger partial charge in [0.15, 0.2) is 0 Å². The first kappa shape index (κ1) is 12.7. The van der Waals surface area contributed by atoms with Gasteiger partial charge in [0.1, 0.15) is 5.54 Å². The summed E-state index contributed by atoms with van der Waals surface area (Å²) in [5.41, 5.74) is 0.631. The highest BCUT2D eigenvalue weighted by molar-refractivity contribution is 5.03. The Morgan fingerprint density at radius 1 is 1.62 bits per heavy atom. The van der Waals surface area contributed by atoms with E-state index in [0.717, 1.165) is 31.6 Å². The average molecular weight is 220 g/mol. The zero-order valence-corrected chi connectivity index (χ0v) is 10.3. The number of aryl methyl sites for hydroxylation is 2. The van der Waals surface area contributed by atoms with Crippen LogP contribution in [0.1, 0.15) is 32.4 Å². The van der Waals surface area contributed by atoms with E-state index in [1.165, 1.54) is 0 Å². The fraction of sp³-hybridized carbons (Fsp3) is 0.667. The highest BCUT2D eigenvalue weighted by Gasteiger charge is 2.21. The first-order valence-electron chi connectivity index (χ1n) is 5.76. The molecule has 1 N–H and O–H groups in total. The monoisotopic (exact) mass is 220 g/mol. The Morgan fingerprint density at radius 2 is 2.38 bits per heavy atom. The van der Waals surface area contributed by atoms with Crippen molar-refractivity contribution < 1.29 is 0 Å². The summed E-state index contributed by atoms with van der Waals surface area (Å²) < 4.78 is 1.93. The van der Waals surface area contributed by atoms with Crippen molar-refractivity contribution in [2.75, 3.05) is 6.54 Å². The second-order valence-corrected chi connectivity index (χ2v) is 4.30. The normalized spacial score (nSPS) is 14.4. The summed E-state index contributed by atoms with van der Waals surface area (Å²) in [5.74, 6) is 0. The van der Waals surface area contributed by atoms with E-state index < -0.39 is 5.54 Å². The van der Waals surface area contributed by atoms with Gasteiger partial charge in [-0.05, 0) is 39.3 Å². The van der Waals surface area contributed by atoms with Crippen LogP contribution in [0.4, 0.5) is 0 Å². The first-order chi connectivity index (χ1) is 7.59. The lowest BCUT2D eigenvalue weighted by Crippen LogP contribution is -2.40. The Bertz CT molecular complexity index is 363. The van der Waals surface area contributed by atoms with Gasteiger partial charge in [-0.2, -0.15) is 10.4 Å². The Kier molecular flexibility index (Phi) is 4.51. The van der Waals surface area contributed by atoms with Crippen LogP contribution in [0, 0.1) is 18.3 Å². The van der Waals surface area contributed by atoms with Gasteiger partial charge in [0.2, 0.25) is 0 Å². The molecule has 0 aliphatic carbocycles. The van der Waals surface area contributed by atoms with Gasteiger partial charge in [0, 0.05) is 12.7 Å².